The summed E-state index contributed by atoms with van der Waals surface area (Å²) in [5.41, 5.74) is 1.07. The lowest BCUT2D eigenvalue weighted by molar-refractivity contribution is -0.268. The molecule has 2 unspecified atom stereocenters. The number of likely N-dealkylation sites (tertiary alicyclic amines) is 1. The van der Waals surface area contributed by atoms with Crippen LogP contribution in [0.15, 0.2) is 48.5 Å². The summed E-state index contributed by atoms with van der Waals surface area (Å²) in [6, 6.07) is 10.7. The molecular formula is C70H109N5O20. The van der Waals surface area contributed by atoms with Crippen molar-refractivity contribution in [3.8, 4) is 18.1 Å². The zero-order valence-corrected chi connectivity index (χ0v) is 58.1. The van der Waals surface area contributed by atoms with Crippen LogP contribution >= 0.6 is 0 Å². The second-order valence-corrected chi connectivity index (χ2v) is 25.5. The van der Waals surface area contributed by atoms with Gasteiger partial charge < -0.3 is 88.4 Å². The van der Waals surface area contributed by atoms with Crippen molar-refractivity contribution in [1.29, 1.82) is 0 Å². The molecule has 0 spiro atoms. The van der Waals surface area contributed by atoms with Crippen molar-refractivity contribution in [3.05, 3.63) is 59.7 Å². The number of aliphatic hydroxyl groups is 4. The number of ether oxygens (including phenoxy) is 9. The molecule has 0 saturated carbocycles. The third-order valence-corrected chi connectivity index (χ3v) is 17.9. The number of carbonyl (C=O) groups is 7. The van der Waals surface area contributed by atoms with Crippen molar-refractivity contribution in [2.24, 2.45) is 29.6 Å². The van der Waals surface area contributed by atoms with E-state index in [9.17, 15) is 54.0 Å². The number of methoxy groups -OCH3 is 2. The lowest BCUT2D eigenvalue weighted by Gasteiger charge is -2.41. The van der Waals surface area contributed by atoms with E-state index in [-0.39, 0.29) is 91.1 Å². The molecule has 0 bridgehead atoms. The van der Waals surface area contributed by atoms with Crippen LogP contribution in [-0.2, 0) is 73.3 Å². The molecule has 2 aliphatic heterocycles. The number of terminal acetylenes is 1. The van der Waals surface area contributed by atoms with Gasteiger partial charge in [-0.2, -0.15) is 0 Å². The zero-order chi connectivity index (χ0) is 70.5. The van der Waals surface area contributed by atoms with E-state index in [1.165, 1.54) is 46.4 Å². The fourth-order valence-corrected chi connectivity index (χ4v) is 12.2. The van der Waals surface area contributed by atoms with Crippen molar-refractivity contribution in [1.82, 2.24) is 20.0 Å². The lowest BCUT2D eigenvalue weighted by atomic mass is 9.83. The number of hydrogen-bond acceptors (Lipinski definition) is 20. The molecule has 15 atom stereocenters. The number of nitrogens with one attached hydrogen (secondary N) is 2. The second-order valence-electron chi connectivity index (χ2n) is 25.5. The van der Waals surface area contributed by atoms with Gasteiger partial charge in [0.05, 0.1) is 101 Å². The summed E-state index contributed by atoms with van der Waals surface area (Å²) in [5, 5.41) is 48.5. The van der Waals surface area contributed by atoms with E-state index in [1.54, 1.807) is 56.7 Å². The van der Waals surface area contributed by atoms with Gasteiger partial charge in [-0.3, -0.25) is 28.8 Å². The largest absolute Gasteiger partial charge is 0.462 e. The number of rotatable bonds is 43. The molecule has 0 aromatic heterocycles. The third-order valence-electron chi connectivity index (χ3n) is 17.9. The van der Waals surface area contributed by atoms with Crippen molar-refractivity contribution in [2.75, 3.05) is 93.0 Å². The van der Waals surface area contributed by atoms with Crippen LogP contribution in [0, 0.1) is 41.9 Å². The van der Waals surface area contributed by atoms with E-state index in [0.717, 1.165) is 4.90 Å². The smallest absolute Gasteiger partial charge is 0.410 e. The minimum absolute atomic E-state index is 0.0168. The van der Waals surface area contributed by atoms with Crippen molar-refractivity contribution < 1.29 is 96.6 Å². The Balaban J connectivity index is 1.42. The molecular weight excluding hydrogens is 1230 g/mol. The third kappa shape index (κ3) is 25.0. The molecule has 4 rings (SSSR count). The molecule has 2 saturated heterocycles. The maximum absolute atomic E-state index is 15.0. The minimum atomic E-state index is -1.70. The lowest BCUT2D eigenvalue weighted by Crippen LogP contribution is -2.58. The molecule has 2 aromatic carbocycles. The van der Waals surface area contributed by atoms with Gasteiger partial charge >= 0.3 is 6.09 Å². The molecule has 2 aliphatic rings. The highest BCUT2D eigenvalue weighted by molar-refractivity contribution is 5.94. The summed E-state index contributed by atoms with van der Waals surface area (Å²) < 4.78 is 51.2. The Morgan fingerprint density at radius 3 is 2.02 bits per heavy atom. The number of benzene rings is 2. The Labute approximate surface area is 561 Å². The van der Waals surface area contributed by atoms with Crippen molar-refractivity contribution in [3.63, 3.8) is 0 Å². The predicted octanol–water partition coefficient (Wildman–Crippen LogP) is 5.64. The molecule has 6 N–H and O–H groups in total. The highest BCUT2D eigenvalue weighted by atomic mass is 16.7. The SMILES string of the molecule is C#CCOCCOCCOCCOCCCC(=O)CCC(=O)Nc1ccc(O[C@@H]2OC(C)[C@@H](O)C(O)[C@@H]2O)c(COC(=O)N(C)[C@H](C(=O)C[C@H](C(=O)N(C)[C@@H]([C@@H](C)CC)[C@@H](CC(=O)N2CCC[C@H]2[C@H](OC)[C@@H](C)C(=O)N[C@H](C)[C@@H](O)c2ccccc2)OC)C(C)C)C(C)C)c1. The number of amides is 5. The first-order chi connectivity index (χ1) is 45.2. The molecule has 2 heterocycles. The molecule has 25 nitrogen and oxygen atoms in total. The van der Waals surface area contributed by atoms with Crippen LogP contribution in [-0.4, -0.2) is 231 Å². The van der Waals surface area contributed by atoms with E-state index in [1.807, 2.05) is 45.9 Å². The number of anilines is 1. The predicted molar refractivity (Wildman–Crippen MR) is 353 cm³/mol. The Hall–Kier alpha value is -6.15. The average Bonchev–Trinajstić information content (AvgIpc) is 1.46. The van der Waals surface area contributed by atoms with Gasteiger partial charge in [-0.15, -0.1) is 6.42 Å². The van der Waals surface area contributed by atoms with Crippen LogP contribution in [0.4, 0.5) is 10.5 Å². The van der Waals surface area contributed by atoms with Crippen molar-refractivity contribution in [2.45, 2.75) is 200 Å². The normalized spacial score (nSPS) is 20.9. The summed E-state index contributed by atoms with van der Waals surface area (Å²) in [6.07, 6.45) is -3.36. The van der Waals surface area contributed by atoms with Crippen LogP contribution in [0.25, 0.3) is 0 Å². The number of Topliss-reactive ketones (excluding diaryl/α,β-unsaturated/α-hetero) is 2. The van der Waals surface area contributed by atoms with Crippen LogP contribution in [0.5, 0.6) is 5.75 Å². The van der Waals surface area contributed by atoms with Gasteiger partial charge in [0, 0.05) is 84.3 Å². The average molecular weight is 1340 g/mol. The molecule has 0 radical (unpaired) electrons. The number of likely N-dealkylation sites (N-methyl/N-ethyl adjacent to an activating group) is 2. The Morgan fingerprint density at radius 2 is 1.42 bits per heavy atom. The quantitative estimate of drug-likeness (QED) is 0.0345. The second kappa shape index (κ2) is 41.8. The van der Waals surface area contributed by atoms with E-state index in [2.05, 4.69) is 16.6 Å². The summed E-state index contributed by atoms with van der Waals surface area (Å²) >= 11 is 0. The van der Waals surface area contributed by atoms with Gasteiger partial charge in [0.15, 0.2) is 5.78 Å². The van der Waals surface area contributed by atoms with E-state index in [4.69, 9.17) is 49.1 Å². The van der Waals surface area contributed by atoms with Gasteiger partial charge in [0.25, 0.3) is 0 Å². The van der Waals surface area contributed by atoms with Gasteiger partial charge in [-0.25, -0.2) is 4.79 Å². The zero-order valence-electron chi connectivity index (χ0n) is 58.1. The molecule has 25 heteroatoms. The van der Waals surface area contributed by atoms with E-state index in [0.29, 0.717) is 84.0 Å². The first-order valence-corrected chi connectivity index (χ1v) is 33.4. The molecule has 95 heavy (non-hydrogen) atoms. The Morgan fingerprint density at radius 1 is 0.779 bits per heavy atom. The fourth-order valence-electron chi connectivity index (χ4n) is 12.2. The number of carbonyl (C=O) groups excluding carboxylic acids is 7. The van der Waals surface area contributed by atoms with Crippen LogP contribution < -0.4 is 15.4 Å². The first-order valence-electron chi connectivity index (χ1n) is 33.4. The number of nitrogens with zero attached hydrogens (tertiary/aromatic N) is 3. The molecule has 5 amide bonds. The standard InChI is InChI=1S/C70H109N5O20/c1-15-31-89-33-35-91-37-38-92-36-34-90-32-21-24-52(76)27-29-58(78)72-51-26-28-56(95-69-65(83)64(82)63(81)48(10)94-69)50(39-51)42-93-70(86)74(12)60(44(5)6)55(77)40-53(43(3)4)68(85)73(11)61(45(7)16-2)57(87-13)41-59(79)75-30-20-25-54(75)66(88-14)46(8)67(84)71-47(9)62(80)49-22-18-17-19-23-49/h1,17-19,22-23,26,28,39,43-48,53-54,57,60-66,69,80-83H,16,20-21,24-25,27,29-38,40-42H2,2-14H3,(H,71,84)(H,72,78)/t45-,46+,47+,48?,53-,54-,57+,60-,61-,62+,63+,64?,65-,66+,69-/m0/s1. The monoisotopic (exact) mass is 1340 g/mol. The topological polar surface area (TPSA) is 317 Å². The highest BCUT2D eigenvalue weighted by Gasteiger charge is 2.46. The number of ketones is 2. The molecule has 2 aromatic rings. The van der Waals surface area contributed by atoms with Crippen molar-refractivity contribution >= 4 is 47.0 Å². The Bertz CT molecular complexity index is 2730. The van der Waals surface area contributed by atoms with Crippen LogP contribution in [0.3, 0.4) is 0 Å². The van der Waals surface area contributed by atoms with E-state index >= 15 is 0 Å². The molecule has 2 fully saturated rings. The van der Waals surface area contributed by atoms with E-state index < -0.39 is 115 Å². The number of hydrogen-bond donors (Lipinski definition) is 6. The number of aliphatic hydroxyl groups excluding tert-OH is 4. The maximum Gasteiger partial charge on any atom is 0.410 e. The maximum atomic E-state index is 15.0. The minimum Gasteiger partial charge on any atom is -0.462 e. The van der Waals surface area contributed by atoms with Gasteiger partial charge in [0.2, 0.25) is 29.9 Å². The Kier molecular flexibility index (Phi) is 35.8. The highest BCUT2D eigenvalue weighted by Crippen LogP contribution is 2.34. The summed E-state index contributed by atoms with van der Waals surface area (Å²) in [7, 11) is 6.09. The van der Waals surface area contributed by atoms with Gasteiger partial charge in [-0.05, 0) is 74.6 Å². The summed E-state index contributed by atoms with van der Waals surface area (Å²) in [4.78, 5) is 103. The van der Waals surface area contributed by atoms with Gasteiger partial charge in [0.1, 0.15) is 43.1 Å². The molecule has 534 valence electrons. The molecule has 0 aliphatic carbocycles. The summed E-state index contributed by atoms with van der Waals surface area (Å²) in [5.74, 6) is -2.11. The fraction of sp³-hybridized carbons (Fsp3) is 0.700. The van der Waals surface area contributed by atoms with Gasteiger partial charge in [-0.1, -0.05) is 91.1 Å². The summed E-state index contributed by atoms with van der Waals surface area (Å²) in [6.45, 7) is 18.9. The van der Waals surface area contributed by atoms with Crippen LogP contribution in [0.2, 0.25) is 0 Å². The first kappa shape index (κ1) is 81.3. The van der Waals surface area contributed by atoms with Crippen LogP contribution in [0.1, 0.15) is 137 Å².